The first-order valence-corrected chi connectivity index (χ1v) is 6.83. The number of carboxylic acids is 1. The highest BCUT2D eigenvalue weighted by Gasteiger charge is 2.20. The fourth-order valence-electron chi connectivity index (χ4n) is 1.70. The molecule has 22 heavy (non-hydrogen) atoms. The molecular formula is C15H21NO6. The summed E-state index contributed by atoms with van der Waals surface area (Å²) in [6.45, 7) is 0.964. The Labute approximate surface area is 129 Å². The molecule has 1 aromatic carbocycles. The molecule has 2 N–H and O–H groups in total. The number of hydrogen-bond acceptors (Lipinski definition) is 5. The van der Waals surface area contributed by atoms with E-state index in [1.54, 1.807) is 31.4 Å². The SMILES string of the molecule is COCCCOc1cccc(C(=O)NC(COC)C(=O)O)c1. The number of rotatable bonds is 10. The Hall–Kier alpha value is -2.12. The Morgan fingerprint density at radius 1 is 1.23 bits per heavy atom. The molecular weight excluding hydrogens is 290 g/mol. The molecule has 1 atom stereocenters. The molecule has 0 fully saturated rings. The molecule has 0 spiro atoms. The lowest BCUT2D eigenvalue weighted by Crippen LogP contribution is -2.43. The Morgan fingerprint density at radius 2 is 2.00 bits per heavy atom. The minimum Gasteiger partial charge on any atom is -0.493 e. The summed E-state index contributed by atoms with van der Waals surface area (Å²) in [7, 11) is 2.99. The van der Waals surface area contributed by atoms with E-state index in [2.05, 4.69) is 5.32 Å². The van der Waals surface area contributed by atoms with Gasteiger partial charge in [-0.3, -0.25) is 4.79 Å². The molecule has 7 heteroatoms. The van der Waals surface area contributed by atoms with Crippen molar-refractivity contribution in [3.8, 4) is 5.75 Å². The van der Waals surface area contributed by atoms with Crippen LogP contribution >= 0.6 is 0 Å². The minimum atomic E-state index is -1.15. The van der Waals surface area contributed by atoms with Gasteiger partial charge in [0.1, 0.15) is 5.75 Å². The van der Waals surface area contributed by atoms with E-state index >= 15 is 0 Å². The van der Waals surface area contributed by atoms with Crippen molar-refractivity contribution in [2.24, 2.45) is 0 Å². The highest BCUT2D eigenvalue weighted by molar-refractivity contribution is 5.96. The van der Waals surface area contributed by atoms with Crippen LogP contribution in [0.4, 0.5) is 0 Å². The molecule has 1 aromatic rings. The van der Waals surface area contributed by atoms with Gasteiger partial charge in [0, 0.05) is 32.8 Å². The molecule has 0 bridgehead atoms. The average Bonchev–Trinajstić information content (AvgIpc) is 2.51. The van der Waals surface area contributed by atoms with Crippen molar-refractivity contribution in [1.82, 2.24) is 5.32 Å². The number of ether oxygens (including phenoxy) is 3. The second-order valence-corrected chi connectivity index (χ2v) is 4.54. The Balaban J connectivity index is 2.63. The van der Waals surface area contributed by atoms with Crippen molar-refractivity contribution in [2.45, 2.75) is 12.5 Å². The maximum Gasteiger partial charge on any atom is 0.328 e. The predicted octanol–water partition coefficient (Wildman–Crippen LogP) is 0.931. The van der Waals surface area contributed by atoms with Crippen LogP contribution in [0.5, 0.6) is 5.75 Å². The lowest BCUT2D eigenvalue weighted by molar-refractivity contribution is -0.140. The van der Waals surface area contributed by atoms with Crippen LogP contribution < -0.4 is 10.1 Å². The smallest absolute Gasteiger partial charge is 0.328 e. The van der Waals surface area contributed by atoms with Gasteiger partial charge in [-0.05, 0) is 18.2 Å². The Kier molecular flexibility index (Phi) is 7.95. The Bertz CT molecular complexity index is 491. The van der Waals surface area contributed by atoms with Gasteiger partial charge in [-0.15, -0.1) is 0 Å². The number of amides is 1. The molecule has 1 amide bonds. The number of benzene rings is 1. The maximum atomic E-state index is 12.1. The van der Waals surface area contributed by atoms with Crippen LogP contribution in [-0.4, -0.2) is 57.1 Å². The highest BCUT2D eigenvalue weighted by Crippen LogP contribution is 2.13. The third-order valence-electron chi connectivity index (χ3n) is 2.79. The lowest BCUT2D eigenvalue weighted by atomic mass is 10.2. The Morgan fingerprint density at radius 3 is 2.64 bits per heavy atom. The van der Waals surface area contributed by atoms with Gasteiger partial charge in [0.05, 0.1) is 13.2 Å². The second kappa shape index (κ2) is 9.75. The topological polar surface area (TPSA) is 94.1 Å². The second-order valence-electron chi connectivity index (χ2n) is 4.54. The average molecular weight is 311 g/mol. The van der Waals surface area contributed by atoms with E-state index in [1.807, 2.05) is 0 Å². The number of hydrogen-bond donors (Lipinski definition) is 2. The number of aliphatic carboxylic acids is 1. The molecule has 1 unspecified atom stereocenters. The molecule has 1 rings (SSSR count). The van der Waals surface area contributed by atoms with Gasteiger partial charge in [-0.25, -0.2) is 4.79 Å². The quantitative estimate of drug-likeness (QED) is 0.624. The van der Waals surface area contributed by atoms with Crippen molar-refractivity contribution >= 4 is 11.9 Å². The van der Waals surface area contributed by atoms with Gasteiger partial charge in [0.15, 0.2) is 6.04 Å². The van der Waals surface area contributed by atoms with E-state index in [0.717, 1.165) is 6.42 Å². The zero-order chi connectivity index (χ0) is 16.4. The van der Waals surface area contributed by atoms with Crippen LogP contribution in [0.3, 0.4) is 0 Å². The van der Waals surface area contributed by atoms with E-state index < -0.39 is 17.9 Å². The van der Waals surface area contributed by atoms with Crippen molar-refractivity contribution in [3.05, 3.63) is 29.8 Å². The van der Waals surface area contributed by atoms with Crippen molar-refractivity contribution in [2.75, 3.05) is 34.0 Å². The first kappa shape index (κ1) is 17.9. The monoisotopic (exact) mass is 311 g/mol. The van der Waals surface area contributed by atoms with Crippen LogP contribution in [0.1, 0.15) is 16.8 Å². The molecule has 0 heterocycles. The fraction of sp³-hybridized carbons (Fsp3) is 0.467. The van der Waals surface area contributed by atoms with Gasteiger partial charge in [0.25, 0.3) is 5.91 Å². The van der Waals surface area contributed by atoms with Crippen LogP contribution in [0.25, 0.3) is 0 Å². The summed E-state index contributed by atoms with van der Waals surface area (Å²) in [5.41, 5.74) is 0.326. The van der Waals surface area contributed by atoms with Crippen molar-refractivity contribution in [1.29, 1.82) is 0 Å². The molecule has 0 aliphatic rings. The fourth-order valence-corrected chi connectivity index (χ4v) is 1.70. The maximum absolute atomic E-state index is 12.1. The lowest BCUT2D eigenvalue weighted by Gasteiger charge is -2.14. The number of carbonyl (C=O) groups excluding carboxylic acids is 1. The molecule has 0 saturated heterocycles. The number of nitrogens with one attached hydrogen (secondary N) is 1. The molecule has 122 valence electrons. The first-order valence-electron chi connectivity index (χ1n) is 6.83. The summed E-state index contributed by atoms with van der Waals surface area (Å²) in [6.07, 6.45) is 0.738. The third kappa shape index (κ3) is 6.11. The molecule has 0 aliphatic heterocycles. The predicted molar refractivity (Wildman–Crippen MR) is 79.2 cm³/mol. The normalized spacial score (nSPS) is 11.7. The van der Waals surface area contributed by atoms with E-state index in [-0.39, 0.29) is 6.61 Å². The number of methoxy groups -OCH3 is 2. The highest BCUT2D eigenvalue weighted by atomic mass is 16.5. The largest absolute Gasteiger partial charge is 0.493 e. The van der Waals surface area contributed by atoms with E-state index in [1.165, 1.54) is 7.11 Å². The zero-order valence-electron chi connectivity index (χ0n) is 12.7. The van der Waals surface area contributed by atoms with E-state index in [4.69, 9.17) is 19.3 Å². The van der Waals surface area contributed by atoms with Crippen molar-refractivity contribution < 1.29 is 28.9 Å². The summed E-state index contributed by atoms with van der Waals surface area (Å²) in [5, 5.41) is 11.4. The summed E-state index contributed by atoms with van der Waals surface area (Å²) >= 11 is 0. The van der Waals surface area contributed by atoms with Crippen molar-refractivity contribution in [3.63, 3.8) is 0 Å². The third-order valence-corrected chi connectivity index (χ3v) is 2.79. The van der Waals surface area contributed by atoms with Crippen LogP contribution in [0.2, 0.25) is 0 Å². The molecule has 7 nitrogen and oxygen atoms in total. The molecule has 0 aliphatic carbocycles. The van der Waals surface area contributed by atoms with Gasteiger partial charge < -0.3 is 24.6 Å². The molecule has 0 aromatic heterocycles. The first-order chi connectivity index (χ1) is 10.6. The molecule has 0 radical (unpaired) electrons. The summed E-state index contributed by atoms with van der Waals surface area (Å²) < 4.78 is 15.2. The van der Waals surface area contributed by atoms with E-state index in [0.29, 0.717) is 24.5 Å². The van der Waals surface area contributed by atoms with Crippen LogP contribution in [0.15, 0.2) is 24.3 Å². The van der Waals surface area contributed by atoms with E-state index in [9.17, 15) is 9.59 Å². The van der Waals surface area contributed by atoms with Crippen LogP contribution in [-0.2, 0) is 14.3 Å². The molecule has 0 saturated carbocycles. The number of carbonyl (C=O) groups is 2. The van der Waals surface area contributed by atoms with Gasteiger partial charge in [0.2, 0.25) is 0 Å². The summed E-state index contributed by atoms with van der Waals surface area (Å²) in [4.78, 5) is 23.1. The van der Waals surface area contributed by atoms with Gasteiger partial charge in [-0.2, -0.15) is 0 Å². The summed E-state index contributed by atoms with van der Waals surface area (Å²) in [6, 6.07) is 5.46. The zero-order valence-corrected chi connectivity index (χ0v) is 12.7. The minimum absolute atomic E-state index is 0.103. The summed E-state index contributed by atoms with van der Waals surface area (Å²) in [5.74, 6) is -1.10. The van der Waals surface area contributed by atoms with Crippen LogP contribution in [0, 0.1) is 0 Å². The van der Waals surface area contributed by atoms with Gasteiger partial charge in [-0.1, -0.05) is 6.07 Å². The van der Waals surface area contributed by atoms with Gasteiger partial charge >= 0.3 is 5.97 Å². The number of carboxylic acid groups (broad SMARTS) is 1. The standard InChI is InChI=1S/C15H21NO6/c1-20-7-4-8-22-12-6-3-5-11(9-12)14(17)16-13(10-21-2)15(18)19/h3,5-6,9,13H,4,7-8,10H2,1-2H3,(H,16,17)(H,18,19).